The van der Waals surface area contributed by atoms with Gasteiger partial charge in [0.1, 0.15) is 0 Å². The minimum Gasteiger partial charge on any atom is -0.311 e. The van der Waals surface area contributed by atoms with E-state index in [1.54, 1.807) is 10.6 Å². The molecule has 0 spiro atoms. The molecular formula is C22H22BrN3O2S. The maximum Gasteiger partial charge on any atom is 0.262 e. The standard InChI is InChI=1S/C22H22BrN3O2S/c1-3-11-26-21(28)17-13-16(23)8-9-18(17)24-22(26)29-14(2)20(27)25-12-10-15-6-4-5-7-19(15)25/h4-9,13-14H,3,10-12H2,1-2H3. The lowest BCUT2D eigenvalue weighted by Gasteiger charge is -2.22. The van der Waals surface area contributed by atoms with E-state index in [2.05, 4.69) is 22.0 Å². The lowest BCUT2D eigenvalue weighted by Crippen LogP contribution is -2.35. The van der Waals surface area contributed by atoms with Crippen LogP contribution in [0, 0.1) is 0 Å². The molecule has 0 aliphatic carbocycles. The number of nitrogens with zero attached hydrogens (tertiary/aromatic N) is 3. The largest absolute Gasteiger partial charge is 0.311 e. The van der Waals surface area contributed by atoms with Crippen molar-refractivity contribution in [2.75, 3.05) is 11.4 Å². The van der Waals surface area contributed by atoms with Crippen LogP contribution in [0.3, 0.4) is 0 Å². The molecule has 0 bridgehead atoms. The molecule has 5 nitrogen and oxygen atoms in total. The smallest absolute Gasteiger partial charge is 0.262 e. The molecule has 2 heterocycles. The first-order chi connectivity index (χ1) is 14.0. The molecule has 1 aromatic heterocycles. The number of benzene rings is 2. The van der Waals surface area contributed by atoms with E-state index in [1.807, 2.05) is 49.1 Å². The number of rotatable bonds is 5. The van der Waals surface area contributed by atoms with E-state index >= 15 is 0 Å². The Balaban J connectivity index is 1.66. The SMILES string of the molecule is CCCn1c(SC(C)C(=O)N2CCc3ccccc32)nc2ccc(Br)cc2c1=O. The van der Waals surface area contributed by atoms with Gasteiger partial charge in [0.2, 0.25) is 5.91 Å². The van der Waals surface area contributed by atoms with E-state index in [0.29, 0.717) is 29.1 Å². The molecule has 7 heteroatoms. The summed E-state index contributed by atoms with van der Waals surface area (Å²) in [4.78, 5) is 32.8. The predicted octanol–water partition coefficient (Wildman–Crippen LogP) is 4.64. The third-order valence-electron chi connectivity index (χ3n) is 5.11. The van der Waals surface area contributed by atoms with Crippen LogP contribution in [0.15, 0.2) is 56.9 Å². The molecular weight excluding hydrogens is 450 g/mol. The highest BCUT2D eigenvalue weighted by atomic mass is 79.9. The third kappa shape index (κ3) is 3.85. The van der Waals surface area contributed by atoms with Gasteiger partial charge in [-0.25, -0.2) is 4.98 Å². The summed E-state index contributed by atoms with van der Waals surface area (Å²) in [5, 5.41) is 0.841. The molecule has 3 aromatic rings. The summed E-state index contributed by atoms with van der Waals surface area (Å²) in [5.41, 5.74) is 2.79. The first-order valence-corrected chi connectivity index (χ1v) is 11.4. The predicted molar refractivity (Wildman–Crippen MR) is 122 cm³/mol. The van der Waals surface area contributed by atoms with Gasteiger partial charge in [0.15, 0.2) is 5.16 Å². The van der Waals surface area contributed by atoms with Gasteiger partial charge < -0.3 is 4.90 Å². The fraction of sp³-hybridized carbons (Fsp3) is 0.318. The third-order valence-corrected chi connectivity index (χ3v) is 6.68. The average molecular weight is 472 g/mol. The monoisotopic (exact) mass is 471 g/mol. The van der Waals surface area contributed by atoms with Gasteiger partial charge in [0.05, 0.1) is 16.2 Å². The van der Waals surface area contributed by atoms with E-state index in [0.717, 1.165) is 23.0 Å². The summed E-state index contributed by atoms with van der Waals surface area (Å²) in [6, 6.07) is 13.6. The van der Waals surface area contributed by atoms with Crippen molar-refractivity contribution >= 4 is 50.2 Å². The Bertz CT molecular complexity index is 1140. The topological polar surface area (TPSA) is 55.2 Å². The van der Waals surface area contributed by atoms with Crippen LogP contribution in [-0.2, 0) is 17.8 Å². The van der Waals surface area contributed by atoms with Crippen molar-refractivity contribution in [2.45, 2.75) is 43.6 Å². The number of para-hydroxylation sites is 1. The molecule has 0 saturated carbocycles. The van der Waals surface area contributed by atoms with Crippen LogP contribution >= 0.6 is 27.7 Å². The molecule has 0 radical (unpaired) electrons. The molecule has 1 unspecified atom stereocenters. The van der Waals surface area contributed by atoms with Gasteiger partial charge in [0, 0.05) is 23.2 Å². The number of aromatic nitrogens is 2. The highest BCUT2D eigenvalue weighted by Crippen LogP contribution is 2.31. The highest BCUT2D eigenvalue weighted by molar-refractivity contribution is 9.10. The van der Waals surface area contributed by atoms with Gasteiger partial charge in [-0.05, 0) is 49.6 Å². The van der Waals surface area contributed by atoms with Crippen LogP contribution in [0.4, 0.5) is 5.69 Å². The lowest BCUT2D eigenvalue weighted by molar-refractivity contribution is -0.117. The number of halogens is 1. The van der Waals surface area contributed by atoms with E-state index in [4.69, 9.17) is 4.98 Å². The normalized spacial score (nSPS) is 14.2. The van der Waals surface area contributed by atoms with Crippen LogP contribution in [0.25, 0.3) is 10.9 Å². The van der Waals surface area contributed by atoms with Crippen molar-refractivity contribution in [1.82, 2.24) is 9.55 Å². The minimum absolute atomic E-state index is 0.0492. The summed E-state index contributed by atoms with van der Waals surface area (Å²) in [6.07, 6.45) is 1.69. The van der Waals surface area contributed by atoms with Gasteiger partial charge in [-0.1, -0.05) is 52.8 Å². The number of hydrogen-bond acceptors (Lipinski definition) is 4. The van der Waals surface area contributed by atoms with Crippen molar-refractivity contribution in [3.8, 4) is 0 Å². The second-order valence-corrected chi connectivity index (χ2v) is 9.36. The average Bonchev–Trinajstić information content (AvgIpc) is 3.15. The Morgan fingerprint density at radius 1 is 1.28 bits per heavy atom. The fourth-order valence-corrected chi connectivity index (χ4v) is 5.04. The number of anilines is 1. The fourth-order valence-electron chi connectivity index (χ4n) is 3.68. The first kappa shape index (κ1) is 20.2. The molecule has 0 N–H and O–H groups in total. The second kappa shape index (κ2) is 8.32. The van der Waals surface area contributed by atoms with Gasteiger partial charge in [-0.2, -0.15) is 0 Å². The van der Waals surface area contributed by atoms with Crippen molar-refractivity contribution in [2.24, 2.45) is 0 Å². The summed E-state index contributed by atoms with van der Waals surface area (Å²) >= 11 is 4.79. The van der Waals surface area contributed by atoms with E-state index < -0.39 is 0 Å². The van der Waals surface area contributed by atoms with Crippen molar-refractivity contribution in [1.29, 1.82) is 0 Å². The van der Waals surface area contributed by atoms with Crippen LogP contribution in [0.1, 0.15) is 25.8 Å². The Kier molecular flexibility index (Phi) is 5.79. The van der Waals surface area contributed by atoms with E-state index in [9.17, 15) is 9.59 Å². The second-order valence-electron chi connectivity index (χ2n) is 7.14. The number of thioether (sulfide) groups is 1. The van der Waals surface area contributed by atoms with Crippen molar-refractivity contribution in [3.05, 3.63) is 62.9 Å². The van der Waals surface area contributed by atoms with Crippen LogP contribution in [0.2, 0.25) is 0 Å². The summed E-state index contributed by atoms with van der Waals surface area (Å²) in [5.74, 6) is 0.0492. The van der Waals surface area contributed by atoms with Crippen LogP contribution in [-0.4, -0.2) is 27.3 Å². The molecule has 2 aromatic carbocycles. The number of carbonyl (C=O) groups excluding carboxylic acids is 1. The zero-order chi connectivity index (χ0) is 20.5. The zero-order valence-electron chi connectivity index (χ0n) is 16.4. The van der Waals surface area contributed by atoms with E-state index in [-0.39, 0.29) is 16.7 Å². The summed E-state index contributed by atoms with van der Waals surface area (Å²) < 4.78 is 2.55. The molecule has 0 saturated heterocycles. The molecule has 4 rings (SSSR count). The number of hydrogen-bond donors (Lipinski definition) is 0. The Morgan fingerprint density at radius 2 is 2.07 bits per heavy atom. The molecule has 1 aliphatic heterocycles. The Morgan fingerprint density at radius 3 is 2.86 bits per heavy atom. The number of amides is 1. The minimum atomic E-state index is -0.343. The van der Waals surface area contributed by atoms with Crippen molar-refractivity contribution in [3.63, 3.8) is 0 Å². The van der Waals surface area contributed by atoms with Gasteiger partial charge >= 0.3 is 0 Å². The van der Waals surface area contributed by atoms with Crippen LogP contribution in [0.5, 0.6) is 0 Å². The maximum absolute atomic E-state index is 13.2. The van der Waals surface area contributed by atoms with Crippen molar-refractivity contribution < 1.29 is 4.79 Å². The molecule has 1 atom stereocenters. The maximum atomic E-state index is 13.2. The summed E-state index contributed by atoms with van der Waals surface area (Å²) in [6.45, 7) is 5.19. The quantitative estimate of drug-likeness (QED) is 0.401. The van der Waals surface area contributed by atoms with E-state index in [1.165, 1.54) is 17.3 Å². The van der Waals surface area contributed by atoms with Gasteiger partial charge in [-0.15, -0.1) is 0 Å². The summed E-state index contributed by atoms with van der Waals surface area (Å²) in [7, 11) is 0. The Labute approximate surface area is 182 Å². The number of carbonyl (C=O) groups is 1. The van der Waals surface area contributed by atoms with Crippen LogP contribution < -0.4 is 10.5 Å². The lowest BCUT2D eigenvalue weighted by atomic mass is 10.2. The zero-order valence-corrected chi connectivity index (χ0v) is 18.8. The first-order valence-electron chi connectivity index (χ1n) is 9.75. The molecule has 1 aliphatic rings. The van der Waals surface area contributed by atoms with Gasteiger partial charge in [-0.3, -0.25) is 14.2 Å². The highest BCUT2D eigenvalue weighted by Gasteiger charge is 2.29. The molecule has 29 heavy (non-hydrogen) atoms. The van der Waals surface area contributed by atoms with Gasteiger partial charge in [0.25, 0.3) is 5.56 Å². The molecule has 150 valence electrons. The molecule has 1 amide bonds. The molecule has 0 fully saturated rings. The number of fused-ring (bicyclic) bond motifs is 2. The Hall–Kier alpha value is -2.12.